The average molecular weight is 250 g/mol. The summed E-state index contributed by atoms with van der Waals surface area (Å²) >= 11 is 0. The molecule has 1 atom stereocenters. The SMILES string of the molecule is Cc1cc(C)c(C(=N)N)c(N(C)CCC(C)O)n1. The Hall–Kier alpha value is -1.62. The number of hydrogen-bond donors (Lipinski definition) is 3. The third-order valence-electron chi connectivity index (χ3n) is 2.84. The minimum atomic E-state index is -0.348. The van der Waals surface area contributed by atoms with Crippen LogP contribution in [0.5, 0.6) is 0 Å². The molecule has 5 nitrogen and oxygen atoms in total. The zero-order valence-corrected chi connectivity index (χ0v) is 11.5. The first-order valence-corrected chi connectivity index (χ1v) is 6.04. The van der Waals surface area contributed by atoms with E-state index < -0.39 is 0 Å². The van der Waals surface area contributed by atoms with E-state index in [9.17, 15) is 5.11 Å². The van der Waals surface area contributed by atoms with Crippen LogP contribution in [-0.2, 0) is 0 Å². The number of aromatic nitrogens is 1. The molecular weight excluding hydrogens is 228 g/mol. The fraction of sp³-hybridized carbons (Fsp3) is 0.538. The van der Waals surface area contributed by atoms with E-state index in [0.717, 1.165) is 11.3 Å². The van der Waals surface area contributed by atoms with E-state index in [2.05, 4.69) is 4.98 Å². The fourth-order valence-electron chi connectivity index (χ4n) is 1.91. The zero-order chi connectivity index (χ0) is 13.9. The fourth-order valence-corrected chi connectivity index (χ4v) is 1.91. The number of nitrogens with one attached hydrogen (secondary N) is 1. The van der Waals surface area contributed by atoms with Crippen molar-refractivity contribution in [1.82, 2.24) is 4.98 Å². The Bertz CT molecular complexity index is 443. The summed E-state index contributed by atoms with van der Waals surface area (Å²) in [6.07, 6.45) is 0.307. The Balaban J connectivity index is 3.09. The van der Waals surface area contributed by atoms with Gasteiger partial charge >= 0.3 is 0 Å². The van der Waals surface area contributed by atoms with Crippen LogP contribution in [0.25, 0.3) is 0 Å². The number of aliphatic hydroxyl groups is 1. The number of aliphatic hydroxyl groups excluding tert-OH is 1. The first-order valence-electron chi connectivity index (χ1n) is 6.04. The summed E-state index contributed by atoms with van der Waals surface area (Å²) < 4.78 is 0. The smallest absolute Gasteiger partial charge is 0.139 e. The van der Waals surface area contributed by atoms with E-state index in [1.807, 2.05) is 31.9 Å². The van der Waals surface area contributed by atoms with Crippen LogP contribution in [0, 0.1) is 19.3 Å². The number of nitrogen functional groups attached to an aromatic ring is 1. The molecule has 0 aliphatic carbocycles. The predicted octanol–water partition coefficient (Wildman–Crippen LogP) is 1.19. The van der Waals surface area contributed by atoms with Crippen molar-refractivity contribution in [2.75, 3.05) is 18.5 Å². The average Bonchev–Trinajstić information content (AvgIpc) is 2.23. The van der Waals surface area contributed by atoms with Gasteiger partial charge in [0.1, 0.15) is 11.7 Å². The molecule has 0 radical (unpaired) electrons. The van der Waals surface area contributed by atoms with Gasteiger partial charge in [-0.05, 0) is 38.8 Å². The molecule has 1 aromatic rings. The van der Waals surface area contributed by atoms with E-state index in [-0.39, 0.29) is 11.9 Å². The molecule has 5 heteroatoms. The number of hydrogen-bond acceptors (Lipinski definition) is 4. The van der Waals surface area contributed by atoms with Crippen molar-refractivity contribution in [3.05, 3.63) is 22.9 Å². The summed E-state index contributed by atoms with van der Waals surface area (Å²) in [5, 5.41) is 17.0. The highest BCUT2D eigenvalue weighted by molar-refractivity contribution is 6.01. The van der Waals surface area contributed by atoms with E-state index >= 15 is 0 Å². The van der Waals surface area contributed by atoms with E-state index in [0.29, 0.717) is 24.3 Å². The third-order valence-corrected chi connectivity index (χ3v) is 2.84. The van der Waals surface area contributed by atoms with Crippen LogP contribution >= 0.6 is 0 Å². The van der Waals surface area contributed by atoms with Gasteiger partial charge in [-0.15, -0.1) is 0 Å². The molecule has 1 rings (SSSR count). The Morgan fingerprint density at radius 2 is 2.17 bits per heavy atom. The highest BCUT2D eigenvalue weighted by atomic mass is 16.3. The first-order chi connectivity index (χ1) is 8.32. The maximum atomic E-state index is 9.32. The summed E-state index contributed by atoms with van der Waals surface area (Å²) in [6.45, 7) is 6.28. The quantitative estimate of drug-likeness (QED) is 0.541. The van der Waals surface area contributed by atoms with E-state index in [1.54, 1.807) is 6.92 Å². The predicted molar refractivity (Wildman–Crippen MR) is 74.3 cm³/mol. The second kappa shape index (κ2) is 5.82. The minimum Gasteiger partial charge on any atom is -0.393 e. The van der Waals surface area contributed by atoms with Gasteiger partial charge in [0.15, 0.2) is 0 Å². The molecule has 0 saturated carbocycles. The lowest BCUT2D eigenvalue weighted by atomic mass is 10.1. The van der Waals surface area contributed by atoms with Crippen LogP contribution < -0.4 is 10.6 Å². The van der Waals surface area contributed by atoms with Gasteiger partial charge in [0, 0.05) is 19.3 Å². The number of amidine groups is 1. The topological polar surface area (TPSA) is 86.2 Å². The summed E-state index contributed by atoms with van der Waals surface area (Å²) in [5.41, 5.74) is 8.15. The van der Waals surface area contributed by atoms with Crippen LogP contribution in [0.2, 0.25) is 0 Å². The van der Waals surface area contributed by atoms with Gasteiger partial charge in [0.25, 0.3) is 0 Å². The molecule has 0 aromatic carbocycles. The largest absolute Gasteiger partial charge is 0.393 e. The normalized spacial score (nSPS) is 12.3. The van der Waals surface area contributed by atoms with Gasteiger partial charge in [-0.2, -0.15) is 0 Å². The summed E-state index contributed by atoms with van der Waals surface area (Å²) in [4.78, 5) is 6.39. The molecule has 0 saturated heterocycles. The molecule has 18 heavy (non-hydrogen) atoms. The lowest BCUT2D eigenvalue weighted by Gasteiger charge is -2.23. The number of aryl methyl sites for hydroxylation is 2. The van der Waals surface area contributed by atoms with Crippen LogP contribution in [0.1, 0.15) is 30.2 Å². The van der Waals surface area contributed by atoms with Gasteiger partial charge in [-0.25, -0.2) is 4.98 Å². The lowest BCUT2D eigenvalue weighted by molar-refractivity contribution is 0.187. The summed E-state index contributed by atoms with van der Waals surface area (Å²) in [7, 11) is 1.90. The molecule has 0 fully saturated rings. The second-order valence-corrected chi connectivity index (χ2v) is 4.75. The van der Waals surface area contributed by atoms with Crippen LogP contribution in [-0.4, -0.2) is 35.6 Å². The van der Waals surface area contributed by atoms with Crippen molar-refractivity contribution in [2.45, 2.75) is 33.3 Å². The Labute approximate surface area is 108 Å². The molecule has 1 heterocycles. The highest BCUT2D eigenvalue weighted by Gasteiger charge is 2.15. The monoisotopic (exact) mass is 250 g/mol. The van der Waals surface area contributed by atoms with Crippen molar-refractivity contribution in [3.8, 4) is 0 Å². The number of anilines is 1. The Kier molecular flexibility index (Phi) is 4.67. The molecule has 0 aliphatic heterocycles. The summed E-state index contributed by atoms with van der Waals surface area (Å²) in [5.74, 6) is 0.736. The van der Waals surface area contributed by atoms with Gasteiger partial charge < -0.3 is 15.7 Å². The maximum absolute atomic E-state index is 9.32. The molecule has 4 N–H and O–H groups in total. The van der Waals surface area contributed by atoms with Crippen LogP contribution in [0.4, 0.5) is 5.82 Å². The standard InChI is InChI=1S/C13H22N4O/c1-8-7-9(2)16-13(11(8)12(14)15)17(4)6-5-10(3)18/h7,10,18H,5-6H2,1-4H3,(H3,14,15). The van der Waals surface area contributed by atoms with Gasteiger partial charge in [0.05, 0.1) is 11.7 Å². The van der Waals surface area contributed by atoms with E-state index in [1.165, 1.54) is 0 Å². The Morgan fingerprint density at radius 1 is 1.56 bits per heavy atom. The molecule has 100 valence electrons. The van der Waals surface area contributed by atoms with Crippen molar-refractivity contribution in [1.29, 1.82) is 5.41 Å². The molecule has 0 amide bonds. The van der Waals surface area contributed by atoms with Gasteiger partial charge in [-0.3, -0.25) is 5.41 Å². The molecule has 1 aromatic heterocycles. The van der Waals surface area contributed by atoms with Crippen molar-refractivity contribution in [3.63, 3.8) is 0 Å². The second-order valence-electron chi connectivity index (χ2n) is 4.75. The van der Waals surface area contributed by atoms with Crippen molar-refractivity contribution in [2.24, 2.45) is 5.73 Å². The lowest BCUT2D eigenvalue weighted by Crippen LogP contribution is -2.27. The van der Waals surface area contributed by atoms with E-state index in [4.69, 9.17) is 11.1 Å². The van der Waals surface area contributed by atoms with Crippen molar-refractivity contribution < 1.29 is 5.11 Å². The number of rotatable bonds is 5. The van der Waals surface area contributed by atoms with Gasteiger partial charge in [0.2, 0.25) is 0 Å². The highest BCUT2D eigenvalue weighted by Crippen LogP contribution is 2.21. The molecule has 0 bridgehead atoms. The van der Waals surface area contributed by atoms with Crippen molar-refractivity contribution >= 4 is 11.7 Å². The molecule has 0 aliphatic rings. The molecular formula is C13H22N4O. The zero-order valence-electron chi connectivity index (χ0n) is 11.5. The van der Waals surface area contributed by atoms with Crippen LogP contribution in [0.15, 0.2) is 6.07 Å². The van der Waals surface area contributed by atoms with Gasteiger partial charge in [-0.1, -0.05) is 0 Å². The molecule has 1 unspecified atom stereocenters. The summed E-state index contributed by atoms with van der Waals surface area (Å²) in [6, 6.07) is 1.92. The third kappa shape index (κ3) is 3.43. The first kappa shape index (κ1) is 14.4. The number of nitrogens with zero attached hydrogens (tertiary/aromatic N) is 2. The number of nitrogens with two attached hydrogens (primary N) is 1. The Morgan fingerprint density at radius 3 is 2.67 bits per heavy atom. The van der Waals surface area contributed by atoms with Crippen LogP contribution in [0.3, 0.4) is 0 Å². The maximum Gasteiger partial charge on any atom is 0.139 e. The minimum absolute atomic E-state index is 0.0268. The number of pyridine rings is 1. The molecule has 0 spiro atoms.